The molecule has 0 aliphatic carbocycles. The number of carbonyl (C=O) groups excluding carboxylic acids is 2. The number of ether oxygens (including phenoxy) is 1. The fraction of sp³-hybridized carbons (Fsp3) is 0.0909. The van der Waals surface area contributed by atoms with E-state index in [0.29, 0.717) is 23.5 Å². The molecule has 1 saturated heterocycles. The first-order valence-corrected chi connectivity index (χ1v) is 4.58. The Kier molecular flexibility index (Phi) is 1.48. The van der Waals surface area contributed by atoms with Crippen LogP contribution >= 0.6 is 0 Å². The first kappa shape index (κ1) is 8.23. The molecule has 15 heavy (non-hydrogen) atoms. The van der Waals surface area contributed by atoms with Gasteiger partial charge in [-0.05, 0) is 12.1 Å². The Morgan fingerprint density at radius 1 is 1.13 bits per heavy atom. The second-order valence-electron chi connectivity index (χ2n) is 3.41. The van der Waals surface area contributed by atoms with Crippen LogP contribution in [-0.4, -0.2) is 23.3 Å². The topological polar surface area (TPSA) is 49.9 Å². The molecule has 4 heteroatoms. The Balaban J connectivity index is 2.08. The summed E-state index contributed by atoms with van der Waals surface area (Å²) in [5.74, 6) is 0.113. The highest BCUT2D eigenvalue weighted by molar-refractivity contribution is 6.22. The number of carbonyl (C=O) groups is 2. The van der Waals surface area contributed by atoms with Gasteiger partial charge in [0.15, 0.2) is 5.76 Å². The Labute approximate surface area is 85.8 Å². The van der Waals surface area contributed by atoms with Gasteiger partial charge in [-0.3, -0.25) is 9.59 Å². The number of hydrogen-bond donors (Lipinski definition) is 0. The van der Waals surface area contributed by atoms with Crippen molar-refractivity contribution in [3.63, 3.8) is 0 Å². The zero-order valence-corrected chi connectivity index (χ0v) is 7.77. The minimum Gasteiger partial charge on any atom is -0.485 e. The van der Waals surface area contributed by atoms with E-state index >= 15 is 0 Å². The van der Waals surface area contributed by atoms with Crippen molar-refractivity contribution in [1.29, 1.82) is 0 Å². The third-order valence-corrected chi connectivity index (χ3v) is 2.41. The molecule has 2 heterocycles. The molecule has 2 aliphatic heterocycles. The van der Waals surface area contributed by atoms with E-state index in [9.17, 15) is 9.59 Å². The van der Waals surface area contributed by atoms with Crippen molar-refractivity contribution in [2.24, 2.45) is 0 Å². The van der Waals surface area contributed by atoms with E-state index in [1.165, 1.54) is 6.20 Å². The average Bonchev–Trinajstić information content (AvgIpc) is 3.04. The van der Waals surface area contributed by atoms with Gasteiger partial charge in [-0.1, -0.05) is 12.1 Å². The highest BCUT2D eigenvalue weighted by Gasteiger charge is 2.35. The lowest BCUT2D eigenvalue weighted by molar-refractivity contribution is 0.0719. The second-order valence-corrected chi connectivity index (χ2v) is 3.41. The molecule has 74 valence electrons. The van der Waals surface area contributed by atoms with E-state index in [-0.39, 0.29) is 11.8 Å². The quantitative estimate of drug-likeness (QED) is 0.506. The van der Waals surface area contributed by atoms with Gasteiger partial charge in [0, 0.05) is 0 Å². The minimum absolute atomic E-state index is 0.279. The average molecular weight is 201 g/mol. The maximum Gasteiger partial charge on any atom is 0.265 e. The van der Waals surface area contributed by atoms with Crippen LogP contribution in [0.15, 0.2) is 36.2 Å². The summed E-state index contributed by atoms with van der Waals surface area (Å²) in [5, 5.41) is 0. The van der Waals surface area contributed by atoms with Crippen LogP contribution in [0.25, 0.3) is 0 Å². The smallest absolute Gasteiger partial charge is 0.265 e. The summed E-state index contributed by atoms with van der Waals surface area (Å²) in [6.45, 7) is 0.507. The number of nitrogens with zero attached hydrogens (tertiary/aromatic N) is 1. The maximum atomic E-state index is 11.8. The van der Waals surface area contributed by atoms with Crippen molar-refractivity contribution < 1.29 is 14.3 Å². The molecule has 0 saturated carbocycles. The van der Waals surface area contributed by atoms with Crippen LogP contribution in [0.5, 0.6) is 0 Å². The number of amides is 2. The predicted molar refractivity (Wildman–Crippen MR) is 51.0 cm³/mol. The van der Waals surface area contributed by atoms with Crippen LogP contribution in [0.2, 0.25) is 0 Å². The fourth-order valence-corrected chi connectivity index (χ4v) is 1.59. The second kappa shape index (κ2) is 2.70. The standard InChI is InChI=1S/C11H7NO3/c13-10-8-3-1-2-4-9(8)11(14)12(10)5-7-6-15-7/h1-5H,6H2/b7-5-. The first-order valence-electron chi connectivity index (χ1n) is 4.58. The number of imide groups is 1. The van der Waals surface area contributed by atoms with E-state index in [2.05, 4.69) is 0 Å². The summed E-state index contributed by atoms with van der Waals surface area (Å²) < 4.78 is 4.88. The molecular weight excluding hydrogens is 194 g/mol. The molecule has 2 aliphatic rings. The van der Waals surface area contributed by atoms with Crippen LogP contribution < -0.4 is 0 Å². The highest BCUT2D eigenvalue weighted by Crippen LogP contribution is 2.25. The lowest BCUT2D eigenvalue weighted by Crippen LogP contribution is -2.23. The number of benzene rings is 1. The zero-order chi connectivity index (χ0) is 10.4. The molecule has 2 amide bonds. The molecule has 0 bridgehead atoms. The van der Waals surface area contributed by atoms with Gasteiger partial charge >= 0.3 is 0 Å². The summed E-state index contributed by atoms with van der Waals surface area (Å²) in [6, 6.07) is 6.80. The molecule has 4 nitrogen and oxygen atoms in total. The summed E-state index contributed by atoms with van der Waals surface area (Å²) in [7, 11) is 0. The van der Waals surface area contributed by atoms with Crippen molar-refractivity contribution in [1.82, 2.24) is 4.90 Å². The monoisotopic (exact) mass is 201 g/mol. The number of fused-ring (bicyclic) bond motifs is 1. The molecule has 0 atom stereocenters. The maximum absolute atomic E-state index is 11.8. The van der Waals surface area contributed by atoms with Crippen molar-refractivity contribution in [3.05, 3.63) is 47.4 Å². The van der Waals surface area contributed by atoms with Gasteiger partial charge in [-0.25, -0.2) is 4.90 Å². The van der Waals surface area contributed by atoms with Crippen molar-refractivity contribution in [3.8, 4) is 0 Å². The summed E-state index contributed by atoms with van der Waals surface area (Å²) in [4.78, 5) is 24.7. The molecule has 0 aromatic heterocycles. The van der Waals surface area contributed by atoms with E-state index in [4.69, 9.17) is 4.74 Å². The van der Waals surface area contributed by atoms with Gasteiger partial charge in [0.05, 0.1) is 17.3 Å². The van der Waals surface area contributed by atoms with Gasteiger partial charge in [0.25, 0.3) is 11.8 Å². The third kappa shape index (κ3) is 1.15. The molecule has 0 unspecified atom stereocenters. The van der Waals surface area contributed by atoms with Crippen LogP contribution in [0, 0.1) is 0 Å². The molecule has 3 rings (SSSR count). The van der Waals surface area contributed by atoms with Gasteiger partial charge in [-0.2, -0.15) is 0 Å². The van der Waals surface area contributed by atoms with Gasteiger partial charge < -0.3 is 4.74 Å². The largest absolute Gasteiger partial charge is 0.485 e. The molecule has 0 N–H and O–H groups in total. The Morgan fingerprint density at radius 2 is 1.67 bits per heavy atom. The summed E-state index contributed by atoms with van der Waals surface area (Å²) in [5.41, 5.74) is 0.917. The molecule has 1 aromatic carbocycles. The van der Waals surface area contributed by atoms with Crippen LogP contribution in [-0.2, 0) is 4.74 Å². The SMILES string of the molecule is O=C1c2ccccc2C(=O)N1/C=C1/CO1. The van der Waals surface area contributed by atoms with Crippen molar-refractivity contribution >= 4 is 11.8 Å². The first-order chi connectivity index (χ1) is 7.27. The van der Waals surface area contributed by atoms with Crippen molar-refractivity contribution in [2.45, 2.75) is 0 Å². The van der Waals surface area contributed by atoms with Gasteiger partial charge in [0.2, 0.25) is 0 Å². The summed E-state index contributed by atoms with van der Waals surface area (Å²) >= 11 is 0. The molecule has 1 aromatic rings. The molecular formula is C11H7NO3. The predicted octanol–water partition coefficient (Wildman–Crippen LogP) is 1.15. The number of epoxide rings is 1. The van der Waals surface area contributed by atoms with E-state index < -0.39 is 0 Å². The molecule has 0 radical (unpaired) electrons. The molecule has 0 spiro atoms. The van der Waals surface area contributed by atoms with Crippen molar-refractivity contribution in [2.75, 3.05) is 6.61 Å². The molecule has 1 fully saturated rings. The highest BCUT2D eigenvalue weighted by atomic mass is 16.6. The van der Waals surface area contributed by atoms with E-state index in [1.807, 2.05) is 0 Å². The lowest BCUT2D eigenvalue weighted by atomic mass is 10.1. The Bertz CT molecular complexity index is 463. The van der Waals surface area contributed by atoms with Crippen LogP contribution in [0.1, 0.15) is 20.7 Å². The van der Waals surface area contributed by atoms with E-state index in [0.717, 1.165) is 4.90 Å². The van der Waals surface area contributed by atoms with Crippen LogP contribution in [0.4, 0.5) is 0 Å². The Hall–Kier alpha value is -2.10. The zero-order valence-electron chi connectivity index (χ0n) is 7.77. The number of rotatable bonds is 1. The van der Waals surface area contributed by atoms with Gasteiger partial charge in [-0.15, -0.1) is 0 Å². The van der Waals surface area contributed by atoms with E-state index in [1.54, 1.807) is 24.3 Å². The fourth-order valence-electron chi connectivity index (χ4n) is 1.59. The normalized spacial score (nSPS) is 20.5. The van der Waals surface area contributed by atoms with Crippen LogP contribution in [0.3, 0.4) is 0 Å². The third-order valence-electron chi connectivity index (χ3n) is 2.41. The minimum atomic E-state index is -0.279. The number of hydrogen-bond acceptors (Lipinski definition) is 3. The van der Waals surface area contributed by atoms with Gasteiger partial charge in [0.1, 0.15) is 6.61 Å². The summed E-state index contributed by atoms with van der Waals surface area (Å²) in [6.07, 6.45) is 1.46. The Morgan fingerprint density at radius 3 is 2.13 bits per heavy atom. The lowest BCUT2D eigenvalue weighted by Gasteiger charge is -2.04.